The predicted molar refractivity (Wildman–Crippen MR) is 90.1 cm³/mol. The van der Waals surface area contributed by atoms with Gasteiger partial charge in [-0.25, -0.2) is 4.79 Å². The summed E-state index contributed by atoms with van der Waals surface area (Å²) in [5.74, 6) is -1.48. The number of amides is 2. The molecule has 0 saturated carbocycles. The molecule has 1 fully saturated rings. The number of rotatable bonds is 6. The molecule has 1 aliphatic heterocycles. The van der Waals surface area contributed by atoms with Gasteiger partial charge in [0, 0.05) is 4.75 Å². The van der Waals surface area contributed by atoms with E-state index in [2.05, 4.69) is 10.6 Å². The number of hydrogen-bond donors (Lipinski definition) is 3. The van der Waals surface area contributed by atoms with Gasteiger partial charge in [0.15, 0.2) is 0 Å². The van der Waals surface area contributed by atoms with E-state index in [0.717, 1.165) is 0 Å². The van der Waals surface area contributed by atoms with Crippen molar-refractivity contribution in [1.82, 2.24) is 15.5 Å². The first-order valence-corrected chi connectivity index (χ1v) is 8.66. The summed E-state index contributed by atoms with van der Waals surface area (Å²) in [5.41, 5.74) is 0. The van der Waals surface area contributed by atoms with Gasteiger partial charge in [-0.2, -0.15) is 0 Å². The van der Waals surface area contributed by atoms with E-state index in [-0.39, 0.29) is 17.7 Å². The first-order chi connectivity index (χ1) is 10.5. The van der Waals surface area contributed by atoms with E-state index in [1.54, 1.807) is 14.0 Å². The number of nitrogens with zero attached hydrogens (tertiary/aromatic N) is 1. The number of carbonyl (C=O) groups excluding carboxylic acids is 2. The molecule has 0 aromatic rings. The molecular formula is C15H27N3O4S. The van der Waals surface area contributed by atoms with E-state index < -0.39 is 28.8 Å². The van der Waals surface area contributed by atoms with Crippen LogP contribution in [0.25, 0.3) is 0 Å². The lowest BCUT2D eigenvalue weighted by molar-refractivity contribution is -0.151. The molecule has 0 aromatic heterocycles. The highest BCUT2D eigenvalue weighted by Gasteiger charge is 2.49. The van der Waals surface area contributed by atoms with Gasteiger partial charge < -0.3 is 20.6 Å². The van der Waals surface area contributed by atoms with Crippen molar-refractivity contribution in [2.24, 2.45) is 5.92 Å². The summed E-state index contributed by atoms with van der Waals surface area (Å²) in [5, 5.41) is 15.1. The summed E-state index contributed by atoms with van der Waals surface area (Å²) in [4.78, 5) is 37.9. The van der Waals surface area contributed by atoms with Gasteiger partial charge in [0.1, 0.15) is 12.1 Å². The molecule has 3 atom stereocenters. The van der Waals surface area contributed by atoms with Gasteiger partial charge in [-0.15, -0.1) is 11.8 Å². The zero-order chi connectivity index (χ0) is 17.9. The van der Waals surface area contributed by atoms with Crippen LogP contribution in [0.2, 0.25) is 0 Å². The molecule has 2 amide bonds. The van der Waals surface area contributed by atoms with Crippen LogP contribution in [-0.4, -0.2) is 63.6 Å². The molecule has 1 rings (SSSR count). The second-order valence-electron chi connectivity index (χ2n) is 6.67. The number of thioether (sulfide) groups is 1. The van der Waals surface area contributed by atoms with Crippen molar-refractivity contribution in [3.8, 4) is 0 Å². The predicted octanol–water partition coefficient (Wildman–Crippen LogP) is 0.500. The molecular weight excluding hydrogens is 318 g/mol. The highest BCUT2D eigenvalue weighted by Crippen LogP contribution is 2.39. The number of carbonyl (C=O) groups is 3. The molecule has 3 unspecified atom stereocenters. The highest BCUT2D eigenvalue weighted by atomic mass is 32.2. The summed E-state index contributed by atoms with van der Waals surface area (Å²) in [6, 6.07) is -2.07. The Kier molecular flexibility index (Phi) is 6.47. The van der Waals surface area contributed by atoms with E-state index in [1.165, 1.54) is 16.7 Å². The molecule has 132 valence electrons. The number of carboxylic acid groups (broad SMARTS) is 1. The fraction of sp³-hybridized carbons (Fsp3) is 0.800. The van der Waals surface area contributed by atoms with E-state index in [1.807, 2.05) is 27.7 Å². The van der Waals surface area contributed by atoms with Gasteiger partial charge in [-0.3, -0.25) is 9.59 Å². The zero-order valence-electron chi connectivity index (χ0n) is 14.5. The third kappa shape index (κ3) is 4.38. The molecule has 0 aromatic carbocycles. The van der Waals surface area contributed by atoms with Crippen LogP contribution < -0.4 is 10.6 Å². The Morgan fingerprint density at radius 3 is 2.26 bits per heavy atom. The highest BCUT2D eigenvalue weighted by molar-refractivity contribution is 8.00. The minimum absolute atomic E-state index is 0.140. The lowest BCUT2D eigenvalue weighted by Crippen LogP contribution is -2.58. The Morgan fingerprint density at radius 2 is 1.83 bits per heavy atom. The van der Waals surface area contributed by atoms with Gasteiger partial charge in [-0.1, -0.05) is 13.8 Å². The molecule has 0 aliphatic carbocycles. The van der Waals surface area contributed by atoms with Crippen LogP contribution in [0.5, 0.6) is 0 Å². The Balaban J connectivity index is 2.98. The largest absolute Gasteiger partial charge is 0.480 e. The first-order valence-electron chi connectivity index (χ1n) is 7.67. The van der Waals surface area contributed by atoms with Crippen LogP contribution in [0.1, 0.15) is 34.6 Å². The molecule has 0 spiro atoms. The van der Waals surface area contributed by atoms with Crippen molar-refractivity contribution in [1.29, 1.82) is 0 Å². The second kappa shape index (κ2) is 7.53. The van der Waals surface area contributed by atoms with Crippen molar-refractivity contribution in [3.63, 3.8) is 0 Å². The maximum atomic E-state index is 12.9. The van der Waals surface area contributed by atoms with Crippen molar-refractivity contribution in [2.75, 3.05) is 12.9 Å². The number of nitrogens with one attached hydrogen (secondary N) is 2. The van der Waals surface area contributed by atoms with Crippen LogP contribution >= 0.6 is 11.8 Å². The van der Waals surface area contributed by atoms with E-state index in [9.17, 15) is 19.5 Å². The summed E-state index contributed by atoms with van der Waals surface area (Å²) in [6.07, 6.45) is 0. The fourth-order valence-corrected chi connectivity index (χ4v) is 3.62. The molecule has 0 bridgehead atoms. The Labute approximate surface area is 141 Å². The molecule has 8 heteroatoms. The minimum atomic E-state index is -1.02. The third-order valence-electron chi connectivity index (χ3n) is 4.12. The van der Waals surface area contributed by atoms with Gasteiger partial charge in [0.05, 0.1) is 11.9 Å². The van der Waals surface area contributed by atoms with Crippen molar-refractivity contribution >= 4 is 29.5 Å². The summed E-state index contributed by atoms with van der Waals surface area (Å²) in [7, 11) is 1.66. The Hall–Kier alpha value is -1.28. The molecule has 7 nitrogen and oxygen atoms in total. The van der Waals surface area contributed by atoms with E-state index >= 15 is 0 Å². The van der Waals surface area contributed by atoms with Crippen molar-refractivity contribution in [3.05, 3.63) is 0 Å². The van der Waals surface area contributed by atoms with Gasteiger partial charge in [-0.05, 0) is 33.7 Å². The summed E-state index contributed by atoms with van der Waals surface area (Å²) < 4.78 is -0.564. The number of aliphatic carboxylic acids is 1. The number of carboxylic acids is 1. The van der Waals surface area contributed by atoms with Crippen molar-refractivity contribution < 1.29 is 19.5 Å². The quantitative estimate of drug-likeness (QED) is 0.648. The fourth-order valence-electron chi connectivity index (χ4n) is 2.49. The third-order valence-corrected chi connectivity index (χ3v) is 5.49. The second-order valence-corrected chi connectivity index (χ2v) is 8.27. The first kappa shape index (κ1) is 19.8. The topological polar surface area (TPSA) is 98.7 Å². The average Bonchev–Trinajstić information content (AvgIpc) is 2.77. The Morgan fingerprint density at radius 1 is 1.26 bits per heavy atom. The molecule has 1 saturated heterocycles. The maximum Gasteiger partial charge on any atom is 0.327 e. The molecule has 0 radical (unpaired) electrons. The summed E-state index contributed by atoms with van der Waals surface area (Å²) in [6.45, 7) is 8.99. The number of hydrogen-bond acceptors (Lipinski definition) is 5. The number of likely N-dealkylation sites (N-methyl/N-ethyl adjacent to an activating group) is 1. The zero-order valence-corrected chi connectivity index (χ0v) is 15.4. The molecule has 1 heterocycles. The minimum Gasteiger partial charge on any atom is -0.480 e. The standard InChI is InChI=1S/C15H27N3O4S/c1-8(2)10(17-12(19)9(3)16-6)13(20)18-7-23-15(4,5)11(18)14(21)22/h8-11,16H,7H2,1-6H3,(H,17,19)(H,21,22). The van der Waals surface area contributed by atoms with Crippen LogP contribution in [0.3, 0.4) is 0 Å². The van der Waals surface area contributed by atoms with Crippen LogP contribution in [0.4, 0.5) is 0 Å². The van der Waals surface area contributed by atoms with E-state index in [0.29, 0.717) is 5.88 Å². The SMILES string of the molecule is CNC(C)C(=O)NC(C(=O)N1CSC(C)(C)C1C(=O)O)C(C)C. The maximum absolute atomic E-state index is 12.9. The molecule has 1 aliphatic rings. The van der Waals surface area contributed by atoms with Crippen molar-refractivity contribution in [2.45, 2.75) is 57.5 Å². The van der Waals surface area contributed by atoms with Gasteiger partial charge >= 0.3 is 5.97 Å². The average molecular weight is 345 g/mol. The lowest BCUT2D eigenvalue weighted by Gasteiger charge is -2.32. The van der Waals surface area contributed by atoms with Gasteiger partial charge in [0.25, 0.3) is 0 Å². The van der Waals surface area contributed by atoms with E-state index in [4.69, 9.17) is 0 Å². The normalized spacial score (nSPS) is 22.7. The van der Waals surface area contributed by atoms with Crippen LogP contribution in [-0.2, 0) is 14.4 Å². The monoisotopic (exact) mass is 345 g/mol. The molecule has 23 heavy (non-hydrogen) atoms. The summed E-state index contributed by atoms with van der Waals surface area (Å²) >= 11 is 1.43. The smallest absolute Gasteiger partial charge is 0.327 e. The molecule has 3 N–H and O–H groups in total. The van der Waals surface area contributed by atoms with Crippen LogP contribution in [0, 0.1) is 5.92 Å². The Bertz CT molecular complexity index is 481. The van der Waals surface area contributed by atoms with Crippen LogP contribution in [0.15, 0.2) is 0 Å². The lowest BCUT2D eigenvalue weighted by atomic mass is 9.98. The van der Waals surface area contributed by atoms with Gasteiger partial charge in [0.2, 0.25) is 11.8 Å².